The summed E-state index contributed by atoms with van der Waals surface area (Å²) in [5.41, 5.74) is 5.85. The highest BCUT2D eigenvalue weighted by atomic mass is 32.2. The van der Waals surface area contributed by atoms with Gasteiger partial charge in [0, 0.05) is 4.75 Å². The van der Waals surface area contributed by atoms with Crippen LogP contribution in [0.15, 0.2) is 13.6 Å². The molecule has 1 unspecified atom stereocenters. The van der Waals surface area contributed by atoms with Gasteiger partial charge in [0.2, 0.25) is 0 Å². The maximum absolute atomic E-state index is 11.9. The van der Waals surface area contributed by atoms with Gasteiger partial charge in [-0.2, -0.15) is 0 Å². The van der Waals surface area contributed by atoms with E-state index >= 15 is 0 Å². The summed E-state index contributed by atoms with van der Waals surface area (Å²) < 4.78 is 18.5. The molecule has 130 valence electrons. The molecule has 0 radical (unpaired) electrons. The number of hydrogen-bond acceptors (Lipinski definition) is 9. The molecule has 0 aliphatic heterocycles. The van der Waals surface area contributed by atoms with E-state index in [1.807, 2.05) is 0 Å². The molecule has 0 fully saturated rings. The molecule has 23 heavy (non-hydrogen) atoms. The van der Waals surface area contributed by atoms with Gasteiger partial charge in [-0.3, -0.25) is 4.79 Å². The van der Waals surface area contributed by atoms with Crippen LogP contribution in [-0.2, 0) is 20.9 Å². The summed E-state index contributed by atoms with van der Waals surface area (Å²) in [6.45, 7) is 7.96. The maximum Gasteiger partial charge on any atom is 0.519 e. The SMILES string of the molecule is Cc1oc(=O)oc1COC(=O)SC(C)(C)C(N)C(=O)OC(C)C. The van der Waals surface area contributed by atoms with Crippen LogP contribution in [0.2, 0.25) is 0 Å². The Morgan fingerprint density at radius 2 is 1.91 bits per heavy atom. The van der Waals surface area contributed by atoms with Crippen LogP contribution in [0.4, 0.5) is 4.79 Å². The second-order valence-electron chi connectivity index (χ2n) is 5.64. The van der Waals surface area contributed by atoms with E-state index < -0.39 is 27.9 Å². The zero-order valence-electron chi connectivity index (χ0n) is 13.7. The molecule has 9 heteroatoms. The van der Waals surface area contributed by atoms with Crippen molar-refractivity contribution in [3.8, 4) is 0 Å². The largest absolute Gasteiger partial charge is 0.519 e. The van der Waals surface area contributed by atoms with Gasteiger partial charge >= 0.3 is 17.1 Å². The number of thioether (sulfide) groups is 1. The minimum atomic E-state index is -1.00. The van der Waals surface area contributed by atoms with Crippen LogP contribution in [0.1, 0.15) is 39.2 Å². The van der Waals surface area contributed by atoms with Crippen molar-refractivity contribution in [2.45, 2.75) is 58.1 Å². The van der Waals surface area contributed by atoms with Gasteiger partial charge in [0.1, 0.15) is 6.04 Å². The third kappa shape index (κ3) is 5.76. The molecule has 0 amide bonds. The third-order valence-corrected chi connectivity index (χ3v) is 3.92. The van der Waals surface area contributed by atoms with Gasteiger partial charge in [0.25, 0.3) is 0 Å². The van der Waals surface area contributed by atoms with Crippen molar-refractivity contribution in [2.75, 3.05) is 0 Å². The van der Waals surface area contributed by atoms with Crippen molar-refractivity contribution in [1.29, 1.82) is 0 Å². The molecule has 2 N–H and O–H groups in total. The quantitative estimate of drug-likeness (QED) is 0.769. The Hall–Kier alpha value is -1.74. The van der Waals surface area contributed by atoms with Crippen LogP contribution >= 0.6 is 11.8 Å². The normalized spacial score (nSPS) is 13.0. The zero-order valence-corrected chi connectivity index (χ0v) is 14.5. The summed E-state index contributed by atoms with van der Waals surface area (Å²) in [6, 6.07) is -1.00. The monoisotopic (exact) mass is 347 g/mol. The summed E-state index contributed by atoms with van der Waals surface area (Å²) in [5.74, 6) is -1.09. The van der Waals surface area contributed by atoms with Gasteiger partial charge in [-0.25, -0.2) is 9.59 Å². The Morgan fingerprint density at radius 1 is 1.30 bits per heavy atom. The minimum absolute atomic E-state index is 0.130. The number of nitrogens with two attached hydrogens (primary N) is 1. The lowest BCUT2D eigenvalue weighted by Crippen LogP contribution is -2.48. The Labute approximate surface area is 137 Å². The molecule has 1 rings (SSSR count). The van der Waals surface area contributed by atoms with Crippen molar-refractivity contribution >= 4 is 23.0 Å². The lowest BCUT2D eigenvalue weighted by atomic mass is 10.0. The van der Waals surface area contributed by atoms with Gasteiger partial charge in [-0.05, 0) is 46.4 Å². The van der Waals surface area contributed by atoms with Crippen molar-refractivity contribution in [3.05, 3.63) is 22.1 Å². The maximum atomic E-state index is 11.9. The first-order valence-corrected chi connectivity index (χ1v) is 7.76. The van der Waals surface area contributed by atoms with Gasteiger partial charge < -0.3 is 24.0 Å². The van der Waals surface area contributed by atoms with E-state index in [1.165, 1.54) is 6.92 Å². The molecule has 0 aliphatic rings. The smallest absolute Gasteiger partial charge is 0.462 e. The molecule has 0 saturated carbocycles. The lowest BCUT2D eigenvalue weighted by Gasteiger charge is -2.28. The molecular weight excluding hydrogens is 326 g/mol. The van der Waals surface area contributed by atoms with Crippen LogP contribution in [0, 0.1) is 6.92 Å². The summed E-state index contributed by atoms with van der Waals surface area (Å²) in [7, 11) is 0. The van der Waals surface area contributed by atoms with Crippen LogP contribution < -0.4 is 11.6 Å². The molecule has 0 spiro atoms. The molecular formula is C14H21NO7S. The standard InChI is InChI=1S/C14H21NO7S/c1-7(2)20-11(16)10(15)14(4,5)23-13(18)19-6-9-8(3)21-12(17)22-9/h7,10H,6,15H2,1-5H3. The first-order chi connectivity index (χ1) is 10.5. The van der Waals surface area contributed by atoms with Gasteiger partial charge in [-0.1, -0.05) is 0 Å². The van der Waals surface area contributed by atoms with Gasteiger partial charge in [0.15, 0.2) is 18.1 Å². The number of rotatable bonds is 6. The topological polar surface area (TPSA) is 122 Å². The number of carbonyl (C=O) groups excluding carboxylic acids is 2. The first-order valence-electron chi connectivity index (χ1n) is 6.94. The Kier molecular flexibility index (Phi) is 6.46. The lowest BCUT2D eigenvalue weighted by molar-refractivity contribution is -0.149. The van der Waals surface area contributed by atoms with Crippen LogP contribution in [-0.4, -0.2) is 28.2 Å². The molecule has 1 aromatic heterocycles. The Bertz CT molecular complexity index is 617. The molecule has 0 aliphatic carbocycles. The number of aryl methyl sites for hydroxylation is 1. The predicted octanol–water partition coefficient (Wildman–Crippen LogP) is 1.97. The Balaban J connectivity index is 2.59. The fourth-order valence-electron chi connectivity index (χ4n) is 1.53. The number of carbonyl (C=O) groups is 2. The highest BCUT2D eigenvalue weighted by molar-refractivity contribution is 8.14. The fraction of sp³-hybridized carbons (Fsp3) is 0.643. The van der Waals surface area contributed by atoms with Crippen molar-refractivity contribution in [2.24, 2.45) is 5.73 Å². The zero-order chi connectivity index (χ0) is 17.8. The van der Waals surface area contributed by atoms with Gasteiger partial charge in [0.05, 0.1) is 6.10 Å². The van der Waals surface area contributed by atoms with E-state index in [0.717, 1.165) is 11.8 Å². The molecule has 0 saturated heterocycles. The molecule has 8 nitrogen and oxygen atoms in total. The van der Waals surface area contributed by atoms with E-state index in [-0.39, 0.29) is 24.2 Å². The van der Waals surface area contributed by atoms with Crippen LogP contribution in [0.3, 0.4) is 0 Å². The van der Waals surface area contributed by atoms with Gasteiger partial charge in [-0.15, -0.1) is 0 Å². The minimum Gasteiger partial charge on any atom is -0.462 e. The summed E-state index contributed by atoms with van der Waals surface area (Å²) in [6.07, 6.45) is -0.298. The molecule has 0 aromatic carbocycles. The highest BCUT2D eigenvalue weighted by Gasteiger charge is 2.37. The molecule has 1 aromatic rings. The number of hydrogen-bond donors (Lipinski definition) is 1. The Morgan fingerprint density at radius 3 is 2.39 bits per heavy atom. The third-order valence-electron chi connectivity index (χ3n) is 2.86. The summed E-state index contributed by atoms with van der Waals surface area (Å²) in [4.78, 5) is 34.6. The molecule has 1 heterocycles. The van der Waals surface area contributed by atoms with E-state index in [1.54, 1.807) is 27.7 Å². The summed E-state index contributed by atoms with van der Waals surface area (Å²) >= 11 is 0.760. The molecule has 0 bridgehead atoms. The van der Waals surface area contributed by atoms with Crippen molar-refractivity contribution in [1.82, 2.24) is 0 Å². The van der Waals surface area contributed by atoms with Crippen molar-refractivity contribution < 1.29 is 27.9 Å². The average molecular weight is 347 g/mol. The fourth-order valence-corrected chi connectivity index (χ4v) is 2.30. The second-order valence-corrected chi connectivity index (χ2v) is 7.23. The van der Waals surface area contributed by atoms with E-state index in [2.05, 4.69) is 4.42 Å². The summed E-state index contributed by atoms with van der Waals surface area (Å²) in [5, 5.41) is -0.661. The average Bonchev–Trinajstić information content (AvgIpc) is 2.72. The number of ether oxygens (including phenoxy) is 2. The van der Waals surface area contributed by atoms with Crippen LogP contribution in [0.25, 0.3) is 0 Å². The second kappa shape index (κ2) is 7.69. The van der Waals surface area contributed by atoms with E-state index in [4.69, 9.17) is 19.6 Å². The van der Waals surface area contributed by atoms with Crippen molar-refractivity contribution in [3.63, 3.8) is 0 Å². The molecule has 1 atom stereocenters. The first kappa shape index (κ1) is 19.3. The van der Waals surface area contributed by atoms with E-state index in [9.17, 15) is 14.4 Å². The predicted molar refractivity (Wildman–Crippen MR) is 83.0 cm³/mol. The van der Waals surface area contributed by atoms with Crippen LogP contribution in [0.5, 0.6) is 0 Å². The highest BCUT2D eigenvalue weighted by Crippen LogP contribution is 2.30. The van der Waals surface area contributed by atoms with E-state index in [0.29, 0.717) is 0 Å². The number of esters is 1.